The first-order valence-electron chi connectivity index (χ1n) is 4.34. The summed E-state index contributed by atoms with van der Waals surface area (Å²) in [5.41, 5.74) is 0.259. The van der Waals surface area contributed by atoms with E-state index in [1.165, 1.54) is 0 Å². The summed E-state index contributed by atoms with van der Waals surface area (Å²) in [5.74, 6) is -2.06. The van der Waals surface area contributed by atoms with Gasteiger partial charge in [0.15, 0.2) is 17.9 Å². The number of nitrogens with zero attached hydrogens (tertiary/aromatic N) is 1. The Morgan fingerprint density at radius 2 is 1.80 bits per heavy atom. The van der Waals surface area contributed by atoms with Crippen LogP contribution in [0.3, 0.4) is 0 Å². The predicted octanol–water partition coefficient (Wildman–Crippen LogP) is 1.88. The molecule has 1 heterocycles. The van der Waals surface area contributed by atoms with Gasteiger partial charge in [-0.2, -0.15) is 5.26 Å². The van der Waals surface area contributed by atoms with E-state index in [-0.39, 0.29) is 11.1 Å². The van der Waals surface area contributed by atoms with Gasteiger partial charge in [0.05, 0.1) is 24.8 Å². The molecule has 1 aromatic rings. The van der Waals surface area contributed by atoms with Crippen molar-refractivity contribution >= 4 is 0 Å². The van der Waals surface area contributed by atoms with Crippen LogP contribution in [0, 0.1) is 23.0 Å². The molecule has 1 saturated heterocycles. The fraction of sp³-hybridized carbons (Fsp3) is 0.300. The topological polar surface area (TPSA) is 42.2 Å². The Morgan fingerprint density at radius 3 is 2.40 bits per heavy atom. The highest BCUT2D eigenvalue weighted by Gasteiger charge is 2.23. The van der Waals surface area contributed by atoms with E-state index >= 15 is 0 Å². The zero-order valence-electron chi connectivity index (χ0n) is 7.67. The molecule has 0 bridgehead atoms. The molecule has 78 valence electrons. The van der Waals surface area contributed by atoms with E-state index in [0.717, 1.165) is 12.1 Å². The molecule has 0 unspecified atom stereocenters. The van der Waals surface area contributed by atoms with E-state index in [2.05, 4.69) is 0 Å². The first kappa shape index (κ1) is 10.0. The number of rotatable bonds is 1. The van der Waals surface area contributed by atoms with Crippen LogP contribution >= 0.6 is 0 Å². The van der Waals surface area contributed by atoms with Crippen molar-refractivity contribution in [3.8, 4) is 6.07 Å². The van der Waals surface area contributed by atoms with Crippen molar-refractivity contribution in [1.82, 2.24) is 0 Å². The summed E-state index contributed by atoms with van der Waals surface area (Å²) in [7, 11) is 0. The Labute approximate surface area is 84.8 Å². The SMILES string of the molecule is N#Cc1cc(F)c(F)cc1C1OCCO1. The molecule has 0 aromatic heterocycles. The van der Waals surface area contributed by atoms with Crippen molar-refractivity contribution < 1.29 is 18.3 Å². The number of ether oxygens (including phenoxy) is 2. The van der Waals surface area contributed by atoms with E-state index in [1.807, 2.05) is 0 Å². The standard InChI is InChI=1S/C10H7F2NO2/c11-8-3-6(5-13)7(4-9(8)12)10-14-1-2-15-10/h3-4,10H,1-2H2. The smallest absolute Gasteiger partial charge is 0.185 e. The third kappa shape index (κ3) is 1.82. The van der Waals surface area contributed by atoms with Crippen molar-refractivity contribution in [2.24, 2.45) is 0 Å². The van der Waals surface area contributed by atoms with E-state index in [4.69, 9.17) is 14.7 Å². The monoisotopic (exact) mass is 211 g/mol. The average molecular weight is 211 g/mol. The maximum absolute atomic E-state index is 13.0. The molecule has 3 nitrogen and oxygen atoms in total. The molecule has 0 amide bonds. The fourth-order valence-electron chi connectivity index (χ4n) is 1.39. The molecule has 1 aliphatic rings. The van der Waals surface area contributed by atoms with Crippen LogP contribution in [0.15, 0.2) is 12.1 Å². The summed E-state index contributed by atoms with van der Waals surface area (Å²) in [6.07, 6.45) is -0.769. The summed E-state index contributed by atoms with van der Waals surface area (Å²) in [5, 5.41) is 8.74. The van der Waals surface area contributed by atoms with Crippen molar-refractivity contribution in [3.05, 3.63) is 34.9 Å². The van der Waals surface area contributed by atoms with Gasteiger partial charge < -0.3 is 9.47 Å². The van der Waals surface area contributed by atoms with Gasteiger partial charge in [-0.25, -0.2) is 8.78 Å². The Hall–Kier alpha value is -1.51. The van der Waals surface area contributed by atoms with Gasteiger partial charge in [0.1, 0.15) is 0 Å². The Kier molecular flexibility index (Phi) is 2.62. The van der Waals surface area contributed by atoms with E-state index in [0.29, 0.717) is 13.2 Å². The summed E-state index contributed by atoms with van der Waals surface area (Å²) in [4.78, 5) is 0. The van der Waals surface area contributed by atoms with Crippen LogP contribution in [0.4, 0.5) is 8.78 Å². The molecule has 0 N–H and O–H groups in total. The largest absolute Gasteiger partial charge is 0.346 e. The maximum Gasteiger partial charge on any atom is 0.185 e. The first-order valence-corrected chi connectivity index (χ1v) is 4.34. The van der Waals surface area contributed by atoms with Gasteiger partial charge in [0.25, 0.3) is 0 Å². The molecule has 5 heteroatoms. The van der Waals surface area contributed by atoms with Crippen LogP contribution in [-0.4, -0.2) is 13.2 Å². The lowest BCUT2D eigenvalue weighted by atomic mass is 10.1. The summed E-state index contributed by atoms with van der Waals surface area (Å²) < 4.78 is 36.0. The van der Waals surface area contributed by atoms with Gasteiger partial charge >= 0.3 is 0 Å². The number of hydrogen-bond acceptors (Lipinski definition) is 3. The van der Waals surface area contributed by atoms with Crippen molar-refractivity contribution in [2.45, 2.75) is 6.29 Å². The number of nitriles is 1. The molecule has 15 heavy (non-hydrogen) atoms. The van der Waals surface area contributed by atoms with E-state index < -0.39 is 17.9 Å². The second-order valence-electron chi connectivity index (χ2n) is 3.04. The molecular formula is C10H7F2NO2. The highest BCUT2D eigenvalue weighted by atomic mass is 19.2. The number of benzene rings is 1. The van der Waals surface area contributed by atoms with Crippen LogP contribution in [0.25, 0.3) is 0 Å². The quantitative estimate of drug-likeness (QED) is 0.712. The van der Waals surface area contributed by atoms with Gasteiger partial charge in [-0.3, -0.25) is 0 Å². The van der Waals surface area contributed by atoms with Crippen molar-refractivity contribution in [1.29, 1.82) is 5.26 Å². The second kappa shape index (κ2) is 3.93. The van der Waals surface area contributed by atoms with Crippen molar-refractivity contribution in [3.63, 3.8) is 0 Å². The number of halogens is 2. The normalized spacial score (nSPS) is 16.6. The summed E-state index contributed by atoms with van der Waals surface area (Å²) in [6, 6.07) is 3.55. The van der Waals surface area contributed by atoms with Gasteiger partial charge in [0.2, 0.25) is 0 Å². The van der Waals surface area contributed by atoms with Crippen molar-refractivity contribution in [2.75, 3.05) is 13.2 Å². The van der Waals surface area contributed by atoms with Crippen LogP contribution in [-0.2, 0) is 9.47 Å². The van der Waals surface area contributed by atoms with Gasteiger partial charge in [-0.1, -0.05) is 0 Å². The Balaban J connectivity index is 2.45. The minimum atomic E-state index is -1.05. The van der Waals surface area contributed by atoms with Crippen LogP contribution in [0.2, 0.25) is 0 Å². The zero-order chi connectivity index (χ0) is 10.8. The lowest BCUT2D eigenvalue weighted by Crippen LogP contribution is -2.03. The molecule has 0 saturated carbocycles. The molecule has 0 spiro atoms. The predicted molar refractivity (Wildman–Crippen MR) is 45.7 cm³/mol. The summed E-state index contributed by atoms with van der Waals surface area (Å²) in [6.45, 7) is 0.767. The minimum absolute atomic E-state index is 0.0285. The highest BCUT2D eigenvalue weighted by Crippen LogP contribution is 2.27. The maximum atomic E-state index is 13.0. The lowest BCUT2D eigenvalue weighted by molar-refractivity contribution is -0.0445. The molecule has 0 atom stereocenters. The second-order valence-corrected chi connectivity index (χ2v) is 3.04. The van der Waals surface area contributed by atoms with Gasteiger partial charge in [-0.15, -0.1) is 0 Å². The Bertz CT molecular complexity index is 422. The molecule has 0 radical (unpaired) electrons. The first-order chi connectivity index (χ1) is 7.22. The minimum Gasteiger partial charge on any atom is -0.346 e. The third-order valence-electron chi connectivity index (χ3n) is 2.09. The summed E-state index contributed by atoms with van der Waals surface area (Å²) >= 11 is 0. The number of hydrogen-bond donors (Lipinski definition) is 0. The van der Waals surface area contributed by atoms with E-state index in [9.17, 15) is 8.78 Å². The van der Waals surface area contributed by atoms with Gasteiger partial charge in [0, 0.05) is 5.56 Å². The Morgan fingerprint density at radius 1 is 1.20 bits per heavy atom. The average Bonchev–Trinajstić information content (AvgIpc) is 2.74. The molecule has 1 fully saturated rings. The van der Waals surface area contributed by atoms with Crippen LogP contribution in [0.5, 0.6) is 0 Å². The molecular weight excluding hydrogens is 204 g/mol. The molecule has 0 aliphatic carbocycles. The van der Waals surface area contributed by atoms with Crippen LogP contribution < -0.4 is 0 Å². The van der Waals surface area contributed by atoms with Crippen LogP contribution in [0.1, 0.15) is 17.4 Å². The highest BCUT2D eigenvalue weighted by molar-refractivity contribution is 5.39. The van der Waals surface area contributed by atoms with Gasteiger partial charge in [-0.05, 0) is 12.1 Å². The molecule has 1 aliphatic heterocycles. The zero-order valence-corrected chi connectivity index (χ0v) is 7.67. The van der Waals surface area contributed by atoms with E-state index in [1.54, 1.807) is 6.07 Å². The lowest BCUT2D eigenvalue weighted by Gasteiger charge is -2.11. The molecule has 2 rings (SSSR count). The molecule has 1 aromatic carbocycles. The fourth-order valence-corrected chi connectivity index (χ4v) is 1.39. The third-order valence-corrected chi connectivity index (χ3v) is 2.09.